The van der Waals surface area contributed by atoms with Gasteiger partial charge >= 0.3 is 0 Å². The summed E-state index contributed by atoms with van der Waals surface area (Å²) in [6.45, 7) is 2.12. The van der Waals surface area contributed by atoms with Gasteiger partial charge in [0.15, 0.2) is 17.6 Å². The van der Waals surface area contributed by atoms with Gasteiger partial charge in [0, 0.05) is 5.56 Å². The number of para-hydroxylation sites is 2. The van der Waals surface area contributed by atoms with Gasteiger partial charge in [0.2, 0.25) is 0 Å². The predicted octanol–water partition coefficient (Wildman–Crippen LogP) is 3.66. The normalized spacial score (nSPS) is 17.5. The Morgan fingerprint density at radius 1 is 1.23 bits per heavy atom. The van der Waals surface area contributed by atoms with Gasteiger partial charge in [-0.1, -0.05) is 35.9 Å². The Hall–Kier alpha value is -2.20. The molecule has 5 heteroatoms. The fraction of sp³-hybridized carbons (Fsp3) is 0.235. The summed E-state index contributed by atoms with van der Waals surface area (Å²) in [5.41, 5.74) is 1.57. The smallest absolute Gasteiger partial charge is 0.268 e. The van der Waals surface area contributed by atoms with Crippen molar-refractivity contribution >= 4 is 23.2 Å². The van der Waals surface area contributed by atoms with Crippen LogP contribution in [0.15, 0.2) is 42.5 Å². The van der Waals surface area contributed by atoms with E-state index in [-0.39, 0.29) is 5.91 Å². The van der Waals surface area contributed by atoms with Crippen LogP contribution in [0.3, 0.4) is 0 Å². The monoisotopic (exact) mass is 317 g/mol. The zero-order chi connectivity index (χ0) is 15.7. The molecular formula is C17H16ClNO3. The largest absolute Gasteiger partial charge is 0.493 e. The summed E-state index contributed by atoms with van der Waals surface area (Å²) in [5.74, 6) is 1.10. The Kier molecular flexibility index (Phi) is 3.94. The number of halogens is 1. The number of nitrogens with zero attached hydrogens (tertiary/aromatic N) is 1. The predicted molar refractivity (Wildman–Crippen MR) is 85.7 cm³/mol. The van der Waals surface area contributed by atoms with E-state index >= 15 is 0 Å². The summed E-state index contributed by atoms with van der Waals surface area (Å²) < 4.78 is 11.2. The van der Waals surface area contributed by atoms with Crippen LogP contribution in [0.5, 0.6) is 11.5 Å². The van der Waals surface area contributed by atoms with Gasteiger partial charge in [0.25, 0.3) is 5.91 Å². The van der Waals surface area contributed by atoms with Crippen molar-refractivity contribution in [2.75, 3.05) is 12.0 Å². The fourth-order valence-corrected chi connectivity index (χ4v) is 2.79. The van der Waals surface area contributed by atoms with Gasteiger partial charge in [-0.05, 0) is 25.1 Å². The van der Waals surface area contributed by atoms with E-state index in [1.165, 1.54) is 0 Å². The van der Waals surface area contributed by atoms with Crippen LogP contribution in [0.2, 0.25) is 5.02 Å². The number of carbonyl (C=O) groups is 1. The van der Waals surface area contributed by atoms with Gasteiger partial charge in [0.1, 0.15) is 0 Å². The van der Waals surface area contributed by atoms with Crippen LogP contribution in [0.25, 0.3) is 0 Å². The average Bonchev–Trinajstić information content (AvgIpc) is 2.65. The van der Waals surface area contributed by atoms with Crippen molar-refractivity contribution in [2.24, 2.45) is 0 Å². The molecule has 0 N–H and O–H groups in total. The highest BCUT2D eigenvalue weighted by atomic mass is 35.5. The first-order chi connectivity index (χ1) is 10.6. The highest BCUT2D eigenvalue weighted by Crippen LogP contribution is 2.37. The Bertz CT molecular complexity index is 717. The number of benzene rings is 2. The topological polar surface area (TPSA) is 38.8 Å². The molecule has 0 spiro atoms. The summed E-state index contributed by atoms with van der Waals surface area (Å²) in [6, 6.07) is 12.9. The maximum absolute atomic E-state index is 12.7. The van der Waals surface area contributed by atoms with Gasteiger partial charge in [-0.3, -0.25) is 4.79 Å². The number of ether oxygens (including phenoxy) is 2. The van der Waals surface area contributed by atoms with Gasteiger partial charge < -0.3 is 14.4 Å². The van der Waals surface area contributed by atoms with E-state index in [0.717, 1.165) is 5.56 Å². The summed E-state index contributed by atoms with van der Waals surface area (Å²) in [7, 11) is 1.59. The maximum atomic E-state index is 12.7. The molecule has 0 radical (unpaired) electrons. The number of rotatable bonds is 2. The molecule has 1 amide bonds. The van der Waals surface area contributed by atoms with Crippen LogP contribution in [-0.2, 0) is 11.3 Å². The van der Waals surface area contributed by atoms with Crippen molar-refractivity contribution in [2.45, 2.75) is 19.6 Å². The lowest BCUT2D eigenvalue weighted by atomic mass is 10.1. The molecule has 2 aromatic carbocycles. The molecule has 0 unspecified atom stereocenters. The first kappa shape index (κ1) is 14.7. The van der Waals surface area contributed by atoms with Crippen LogP contribution in [-0.4, -0.2) is 19.1 Å². The lowest BCUT2D eigenvalue weighted by molar-refractivity contribution is -0.124. The third kappa shape index (κ3) is 2.50. The van der Waals surface area contributed by atoms with E-state index in [1.807, 2.05) is 36.4 Å². The van der Waals surface area contributed by atoms with Gasteiger partial charge in [-0.15, -0.1) is 0 Å². The number of hydrogen-bond acceptors (Lipinski definition) is 3. The second-order valence-electron chi connectivity index (χ2n) is 5.08. The Morgan fingerprint density at radius 2 is 2.00 bits per heavy atom. The minimum Gasteiger partial charge on any atom is -0.493 e. The highest BCUT2D eigenvalue weighted by molar-refractivity contribution is 6.33. The Labute approximate surface area is 134 Å². The van der Waals surface area contributed by atoms with E-state index in [0.29, 0.717) is 28.8 Å². The molecule has 1 atom stereocenters. The Balaban J connectivity index is 2.09. The van der Waals surface area contributed by atoms with Crippen LogP contribution in [0.4, 0.5) is 5.69 Å². The van der Waals surface area contributed by atoms with Gasteiger partial charge in [0.05, 0.1) is 24.4 Å². The molecule has 0 bridgehead atoms. The highest BCUT2D eigenvalue weighted by Gasteiger charge is 2.31. The van der Waals surface area contributed by atoms with E-state index < -0.39 is 6.10 Å². The quantitative estimate of drug-likeness (QED) is 0.848. The number of hydrogen-bond donors (Lipinski definition) is 0. The summed E-state index contributed by atoms with van der Waals surface area (Å²) >= 11 is 6.25. The first-order valence-electron chi connectivity index (χ1n) is 7.00. The number of methoxy groups -OCH3 is 1. The number of amides is 1. The van der Waals surface area contributed by atoms with Gasteiger partial charge in [-0.25, -0.2) is 0 Å². The van der Waals surface area contributed by atoms with E-state index in [1.54, 1.807) is 25.0 Å². The Morgan fingerprint density at radius 3 is 2.73 bits per heavy atom. The number of anilines is 1. The summed E-state index contributed by atoms with van der Waals surface area (Å²) in [6.07, 6.45) is -0.617. The van der Waals surface area contributed by atoms with Crippen molar-refractivity contribution in [3.05, 3.63) is 53.1 Å². The van der Waals surface area contributed by atoms with Crippen molar-refractivity contribution in [1.29, 1.82) is 0 Å². The molecule has 1 aliphatic heterocycles. The van der Waals surface area contributed by atoms with Crippen molar-refractivity contribution in [3.63, 3.8) is 0 Å². The molecular weight excluding hydrogens is 302 g/mol. The minimum atomic E-state index is -0.617. The third-order valence-electron chi connectivity index (χ3n) is 3.66. The molecule has 2 aromatic rings. The molecule has 0 aliphatic carbocycles. The van der Waals surface area contributed by atoms with E-state index in [4.69, 9.17) is 21.1 Å². The molecule has 0 fully saturated rings. The van der Waals surface area contributed by atoms with Crippen molar-refractivity contribution in [3.8, 4) is 11.5 Å². The van der Waals surface area contributed by atoms with Crippen molar-refractivity contribution in [1.82, 2.24) is 0 Å². The molecule has 4 nitrogen and oxygen atoms in total. The van der Waals surface area contributed by atoms with Crippen LogP contribution in [0, 0.1) is 0 Å². The first-order valence-corrected chi connectivity index (χ1v) is 7.38. The molecule has 1 aliphatic rings. The van der Waals surface area contributed by atoms with E-state index in [2.05, 4.69) is 0 Å². The van der Waals surface area contributed by atoms with E-state index in [9.17, 15) is 4.79 Å². The molecule has 22 heavy (non-hydrogen) atoms. The second-order valence-corrected chi connectivity index (χ2v) is 5.49. The third-order valence-corrected chi connectivity index (χ3v) is 3.98. The minimum absolute atomic E-state index is 0.133. The molecule has 114 valence electrons. The zero-order valence-electron chi connectivity index (χ0n) is 12.4. The molecule has 0 saturated heterocycles. The molecule has 1 heterocycles. The lowest BCUT2D eigenvalue weighted by Gasteiger charge is -2.23. The molecule has 0 saturated carbocycles. The number of carbonyl (C=O) groups excluding carboxylic acids is 1. The van der Waals surface area contributed by atoms with Crippen LogP contribution < -0.4 is 14.4 Å². The zero-order valence-corrected chi connectivity index (χ0v) is 13.1. The maximum Gasteiger partial charge on any atom is 0.268 e. The summed E-state index contributed by atoms with van der Waals surface area (Å²) in [5, 5.41) is 0.536. The second kappa shape index (κ2) is 5.89. The molecule has 3 rings (SSSR count). The molecule has 0 aromatic heterocycles. The van der Waals surface area contributed by atoms with Crippen molar-refractivity contribution < 1.29 is 14.3 Å². The average molecular weight is 318 g/mol. The SMILES string of the molecule is COc1cccc2c1O[C@H](C)C(=O)N(c1ccccc1Cl)C2. The van der Waals surface area contributed by atoms with Crippen LogP contribution in [0.1, 0.15) is 12.5 Å². The summed E-state index contributed by atoms with van der Waals surface area (Å²) in [4.78, 5) is 14.3. The van der Waals surface area contributed by atoms with Gasteiger partial charge in [-0.2, -0.15) is 0 Å². The fourth-order valence-electron chi connectivity index (χ4n) is 2.55. The standard InChI is InChI=1S/C17H16ClNO3/c1-11-17(20)19(14-8-4-3-7-13(14)18)10-12-6-5-9-15(21-2)16(12)22-11/h3-9,11H,10H2,1-2H3/t11-/m1/s1. The van der Waals surface area contributed by atoms with Crippen LogP contribution >= 0.6 is 11.6 Å². The lowest BCUT2D eigenvalue weighted by Crippen LogP contribution is -2.38. The number of fused-ring (bicyclic) bond motifs is 1.